The molecular weight excluding hydrogens is 460 g/mol. The van der Waals surface area contributed by atoms with Crippen molar-refractivity contribution in [3.63, 3.8) is 0 Å². The van der Waals surface area contributed by atoms with Gasteiger partial charge in [0.25, 0.3) is 0 Å². The van der Waals surface area contributed by atoms with Gasteiger partial charge in [-0.05, 0) is 44.1 Å². The number of nitrogens with zero attached hydrogens (tertiary/aromatic N) is 5. The number of ether oxygens (including phenoxy) is 1. The Balaban J connectivity index is 1.45. The Morgan fingerprint density at radius 1 is 1.15 bits per heavy atom. The third-order valence-corrected chi connectivity index (χ3v) is 9.07. The van der Waals surface area contributed by atoms with Crippen LogP contribution in [0.1, 0.15) is 17.7 Å². The number of piperidine rings is 1. The molecule has 0 atom stereocenters. The zero-order valence-electron chi connectivity index (χ0n) is 18.6. The van der Waals surface area contributed by atoms with Crippen LogP contribution < -0.4 is 10.6 Å². The van der Waals surface area contributed by atoms with Crippen molar-refractivity contribution in [1.82, 2.24) is 19.9 Å². The average molecular weight is 489 g/mol. The lowest BCUT2D eigenvalue weighted by atomic mass is 10.1. The molecule has 2 N–H and O–H groups in total. The molecule has 0 radical (unpaired) electrons. The highest BCUT2D eigenvalue weighted by atomic mass is 32.2. The molecule has 3 aromatic heterocycles. The van der Waals surface area contributed by atoms with Crippen molar-refractivity contribution in [2.24, 2.45) is 0 Å². The van der Waals surface area contributed by atoms with Crippen molar-refractivity contribution in [1.29, 1.82) is 0 Å². The minimum atomic E-state index is -2.97. The maximum Gasteiger partial charge on any atom is 0.163 e. The minimum Gasteiger partial charge on any atom is -0.384 e. The van der Waals surface area contributed by atoms with Crippen LogP contribution >= 0.6 is 11.3 Å². The summed E-state index contributed by atoms with van der Waals surface area (Å²) in [5, 5.41) is -0.217. The number of anilines is 2. The SMILES string of the molecule is CS(=O)(=O)C1CCN(Cc2cc3nc(-c4ccc(N)nc4)nc(N4CCOCC4)c3s2)CC1. The Morgan fingerprint density at radius 3 is 2.58 bits per heavy atom. The van der Waals surface area contributed by atoms with E-state index in [9.17, 15) is 8.42 Å². The molecule has 0 bridgehead atoms. The number of fused-ring (bicyclic) bond motifs is 1. The molecule has 5 heterocycles. The van der Waals surface area contributed by atoms with E-state index in [2.05, 4.69) is 20.9 Å². The van der Waals surface area contributed by atoms with Crippen molar-refractivity contribution in [2.75, 3.05) is 56.3 Å². The van der Waals surface area contributed by atoms with Crippen LogP contribution in [0, 0.1) is 0 Å². The number of likely N-dealkylation sites (tertiary alicyclic amines) is 1. The second-order valence-corrected chi connectivity index (χ2v) is 12.1. The van der Waals surface area contributed by atoms with E-state index in [4.69, 9.17) is 20.4 Å². The second kappa shape index (κ2) is 9.13. The number of hydrogen-bond acceptors (Lipinski definition) is 10. The van der Waals surface area contributed by atoms with Crippen molar-refractivity contribution in [2.45, 2.75) is 24.6 Å². The monoisotopic (exact) mass is 488 g/mol. The summed E-state index contributed by atoms with van der Waals surface area (Å²) in [6.07, 6.45) is 4.44. The number of sulfone groups is 1. The summed E-state index contributed by atoms with van der Waals surface area (Å²) in [6, 6.07) is 5.80. The highest BCUT2D eigenvalue weighted by molar-refractivity contribution is 7.91. The van der Waals surface area contributed by atoms with E-state index < -0.39 is 9.84 Å². The van der Waals surface area contributed by atoms with E-state index in [1.165, 1.54) is 11.1 Å². The maximum absolute atomic E-state index is 11.9. The van der Waals surface area contributed by atoms with Gasteiger partial charge in [0.05, 0.1) is 28.7 Å². The van der Waals surface area contributed by atoms with Crippen LogP contribution in [0.2, 0.25) is 0 Å². The molecular formula is C22H28N6O3S2. The van der Waals surface area contributed by atoms with Gasteiger partial charge in [-0.1, -0.05) is 0 Å². The molecule has 2 aliphatic rings. The molecule has 0 aromatic carbocycles. The van der Waals surface area contributed by atoms with E-state index in [1.807, 2.05) is 6.07 Å². The number of nitrogen functional groups attached to an aromatic ring is 1. The van der Waals surface area contributed by atoms with Gasteiger partial charge in [0.15, 0.2) is 11.6 Å². The number of aromatic nitrogens is 3. The lowest BCUT2D eigenvalue weighted by molar-refractivity contribution is 0.122. The fourth-order valence-electron chi connectivity index (χ4n) is 4.41. The molecule has 33 heavy (non-hydrogen) atoms. The minimum absolute atomic E-state index is 0.217. The van der Waals surface area contributed by atoms with Crippen LogP contribution in [0.25, 0.3) is 21.6 Å². The topological polar surface area (TPSA) is 115 Å². The Bertz CT molecular complexity index is 1230. The van der Waals surface area contributed by atoms with Crippen LogP contribution in [0.4, 0.5) is 11.6 Å². The highest BCUT2D eigenvalue weighted by Crippen LogP contribution is 2.35. The fraction of sp³-hybridized carbons (Fsp3) is 0.500. The molecule has 0 unspecified atom stereocenters. The largest absolute Gasteiger partial charge is 0.384 e. The van der Waals surface area contributed by atoms with E-state index in [0.717, 1.165) is 54.3 Å². The predicted molar refractivity (Wildman–Crippen MR) is 131 cm³/mol. The summed E-state index contributed by atoms with van der Waals surface area (Å²) in [5.74, 6) is 2.03. The van der Waals surface area contributed by atoms with Gasteiger partial charge in [0.2, 0.25) is 0 Å². The van der Waals surface area contributed by atoms with Gasteiger partial charge >= 0.3 is 0 Å². The third-order valence-electron chi connectivity index (χ3n) is 6.28. The normalized spacial score (nSPS) is 18.8. The molecule has 5 rings (SSSR count). The van der Waals surface area contributed by atoms with Crippen LogP contribution in [-0.4, -0.2) is 79.2 Å². The molecule has 11 heteroatoms. The predicted octanol–water partition coefficient (Wildman–Crippen LogP) is 2.18. The quantitative estimate of drug-likeness (QED) is 0.577. The maximum atomic E-state index is 11.9. The number of pyridine rings is 1. The lowest BCUT2D eigenvalue weighted by Crippen LogP contribution is -2.38. The molecule has 0 amide bonds. The van der Waals surface area contributed by atoms with Crippen molar-refractivity contribution in [3.8, 4) is 11.4 Å². The fourth-order valence-corrected chi connectivity index (χ4v) is 6.64. The number of hydrogen-bond donors (Lipinski definition) is 1. The molecule has 0 aliphatic carbocycles. The molecule has 2 fully saturated rings. The van der Waals surface area contributed by atoms with Gasteiger partial charge in [-0.25, -0.2) is 23.4 Å². The first kappa shape index (κ1) is 22.5. The summed E-state index contributed by atoms with van der Waals surface area (Å²) in [4.78, 5) is 19.8. The number of thiophene rings is 1. The summed E-state index contributed by atoms with van der Waals surface area (Å²) in [6.45, 7) is 5.30. The van der Waals surface area contributed by atoms with E-state index in [-0.39, 0.29) is 5.25 Å². The zero-order chi connectivity index (χ0) is 23.0. The molecule has 2 saturated heterocycles. The van der Waals surface area contributed by atoms with E-state index >= 15 is 0 Å². The van der Waals surface area contributed by atoms with Crippen LogP contribution in [0.3, 0.4) is 0 Å². The Labute approximate surface area is 197 Å². The first-order valence-electron chi connectivity index (χ1n) is 11.1. The van der Waals surface area contributed by atoms with Gasteiger partial charge in [-0.3, -0.25) is 4.90 Å². The molecule has 0 saturated carbocycles. The van der Waals surface area contributed by atoms with E-state index in [0.29, 0.717) is 37.7 Å². The molecule has 0 spiro atoms. The summed E-state index contributed by atoms with van der Waals surface area (Å²) in [5.41, 5.74) is 7.51. The standard InChI is InChI=1S/C22H28N6O3S2/c1-33(29,30)17-4-6-27(7-5-17)14-16-12-18-20(32-16)22(28-8-10-31-11-9-28)26-21(25-18)15-2-3-19(23)24-13-15/h2-3,12-13,17H,4-11,14H2,1H3,(H2,23,24). The third kappa shape index (κ3) is 4.96. The molecule has 9 nitrogen and oxygen atoms in total. The number of nitrogens with two attached hydrogens (primary N) is 1. The van der Waals surface area contributed by atoms with Crippen molar-refractivity contribution >= 4 is 43.0 Å². The number of rotatable bonds is 5. The van der Waals surface area contributed by atoms with Gasteiger partial charge in [-0.15, -0.1) is 11.3 Å². The highest BCUT2D eigenvalue weighted by Gasteiger charge is 2.27. The summed E-state index contributed by atoms with van der Waals surface area (Å²) in [7, 11) is -2.97. The number of morpholine rings is 1. The Morgan fingerprint density at radius 2 is 1.91 bits per heavy atom. The molecule has 3 aromatic rings. The molecule has 176 valence electrons. The van der Waals surface area contributed by atoms with Crippen LogP contribution in [0.5, 0.6) is 0 Å². The smallest absolute Gasteiger partial charge is 0.163 e. The van der Waals surface area contributed by atoms with Crippen LogP contribution in [0.15, 0.2) is 24.4 Å². The van der Waals surface area contributed by atoms with Gasteiger partial charge in [-0.2, -0.15) is 0 Å². The first-order chi connectivity index (χ1) is 15.9. The average Bonchev–Trinajstić information content (AvgIpc) is 3.21. The van der Waals surface area contributed by atoms with Gasteiger partial charge in [0.1, 0.15) is 15.7 Å². The van der Waals surface area contributed by atoms with E-state index in [1.54, 1.807) is 23.6 Å². The lowest BCUT2D eigenvalue weighted by Gasteiger charge is -2.30. The zero-order valence-corrected chi connectivity index (χ0v) is 20.2. The Hall–Kier alpha value is -2.34. The van der Waals surface area contributed by atoms with Crippen molar-refractivity contribution < 1.29 is 13.2 Å². The molecule has 2 aliphatic heterocycles. The summed E-state index contributed by atoms with van der Waals surface area (Å²) >= 11 is 1.72. The van der Waals surface area contributed by atoms with Crippen molar-refractivity contribution in [3.05, 3.63) is 29.3 Å². The van der Waals surface area contributed by atoms with Gasteiger partial charge in [0, 0.05) is 42.5 Å². The van der Waals surface area contributed by atoms with Crippen LogP contribution in [-0.2, 0) is 21.1 Å². The van der Waals surface area contributed by atoms with Gasteiger partial charge < -0.3 is 15.4 Å². The summed E-state index contributed by atoms with van der Waals surface area (Å²) < 4.78 is 30.4. The first-order valence-corrected chi connectivity index (χ1v) is 13.9. The second-order valence-electron chi connectivity index (χ2n) is 8.67. The Kier molecular flexibility index (Phi) is 6.21.